The van der Waals surface area contributed by atoms with Gasteiger partial charge in [-0.15, -0.1) is 11.6 Å². The molecule has 0 aromatic heterocycles. The van der Waals surface area contributed by atoms with Gasteiger partial charge in [0.25, 0.3) is 0 Å². The van der Waals surface area contributed by atoms with Crippen molar-refractivity contribution in [1.82, 2.24) is 0 Å². The first-order chi connectivity index (χ1) is 9.69. The van der Waals surface area contributed by atoms with Gasteiger partial charge in [-0.05, 0) is 55.4 Å². The van der Waals surface area contributed by atoms with Gasteiger partial charge in [-0.2, -0.15) is 0 Å². The number of halogens is 1. The Kier molecular flexibility index (Phi) is 5.80. The van der Waals surface area contributed by atoms with Crippen LogP contribution in [0.1, 0.15) is 45.1 Å². The van der Waals surface area contributed by atoms with Crippen LogP contribution in [0.15, 0.2) is 24.3 Å². The summed E-state index contributed by atoms with van der Waals surface area (Å²) in [7, 11) is 0. The molecule has 0 N–H and O–H groups in total. The second-order valence-electron chi connectivity index (χ2n) is 5.77. The highest BCUT2D eigenvalue weighted by Gasteiger charge is 2.25. The molecule has 20 heavy (non-hydrogen) atoms. The van der Waals surface area contributed by atoms with Crippen molar-refractivity contribution in [3.63, 3.8) is 0 Å². The molecule has 1 aliphatic carbocycles. The van der Waals surface area contributed by atoms with E-state index in [2.05, 4.69) is 25.7 Å². The standard InChI is InChI=1S/C18H23ClO/c1-14-6-9-18(13-15(14)2)20-17-10-7-16(8-11-17)5-3-4-12-19/h7-8,10-11,14-15,18H,4,6,9,12-13H2,1-2H3. The van der Waals surface area contributed by atoms with Crippen LogP contribution in [0.3, 0.4) is 0 Å². The summed E-state index contributed by atoms with van der Waals surface area (Å²) in [5, 5.41) is 0. The molecule has 3 unspecified atom stereocenters. The van der Waals surface area contributed by atoms with Crippen LogP contribution >= 0.6 is 11.6 Å². The maximum absolute atomic E-state index is 6.09. The van der Waals surface area contributed by atoms with Crippen molar-refractivity contribution in [3.05, 3.63) is 29.8 Å². The Labute approximate surface area is 127 Å². The Balaban J connectivity index is 1.89. The average molecular weight is 291 g/mol. The lowest BCUT2D eigenvalue weighted by atomic mass is 9.80. The van der Waals surface area contributed by atoms with E-state index in [9.17, 15) is 0 Å². The summed E-state index contributed by atoms with van der Waals surface area (Å²) in [6.45, 7) is 4.67. The van der Waals surface area contributed by atoms with Crippen molar-refractivity contribution in [3.8, 4) is 17.6 Å². The van der Waals surface area contributed by atoms with Gasteiger partial charge in [-0.25, -0.2) is 0 Å². The molecule has 1 aromatic rings. The summed E-state index contributed by atoms with van der Waals surface area (Å²) in [5.74, 6) is 9.27. The van der Waals surface area contributed by atoms with E-state index in [1.165, 1.54) is 19.3 Å². The number of alkyl halides is 1. The van der Waals surface area contributed by atoms with E-state index in [-0.39, 0.29) is 0 Å². The molecule has 108 valence electrons. The maximum atomic E-state index is 6.09. The quantitative estimate of drug-likeness (QED) is 0.570. The SMILES string of the molecule is CC1CCC(Oc2ccc(C#CCCCl)cc2)CC1C. The van der Waals surface area contributed by atoms with Gasteiger partial charge in [0, 0.05) is 17.9 Å². The molecule has 0 amide bonds. The summed E-state index contributed by atoms with van der Waals surface area (Å²) in [6, 6.07) is 8.08. The van der Waals surface area contributed by atoms with E-state index < -0.39 is 0 Å². The van der Waals surface area contributed by atoms with Crippen LogP contribution in [0.2, 0.25) is 0 Å². The predicted molar refractivity (Wildman–Crippen MR) is 85.3 cm³/mol. The van der Waals surface area contributed by atoms with E-state index in [1.807, 2.05) is 24.3 Å². The zero-order valence-corrected chi connectivity index (χ0v) is 13.1. The molecule has 1 fully saturated rings. The maximum Gasteiger partial charge on any atom is 0.119 e. The third-order valence-electron chi connectivity index (χ3n) is 4.16. The monoisotopic (exact) mass is 290 g/mol. The lowest BCUT2D eigenvalue weighted by molar-refractivity contribution is 0.101. The Bertz CT molecular complexity index is 468. The third-order valence-corrected chi connectivity index (χ3v) is 4.35. The zero-order valence-electron chi connectivity index (χ0n) is 12.4. The molecule has 1 nitrogen and oxygen atoms in total. The molecule has 1 aromatic carbocycles. The minimum Gasteiger partial charge on any atom is -0.490 e. The van der Waals surface area contributed by atoms with E-state index in [0.29, 0.717) is 12.0 Å². The first-order valence-corrected chi connectivity index (χ1v) is 8.04. The van der Waals surface area contributed by atoms with Gasteiger partial charge in [-0.3, -0.25) is 0 Å². The molecule has 0 heterocycles. The van der Waals surface area contributed by atoms with Crippen molar-refractivity contribution >= 4 is 11.6 Å². The molecule has 1 aliphatic rings. The van der Waals surface area contributed by atoms with Crippen LogP contribution in [0.5, 0.6) is 5.75 Å². The van der Waals surface area contributed by atoms with Gasteiger partial charge in [0.05, 0.1) is 6.10 Å². The highest BCUT2D eigenvalue weighted by Crippen LogP contribution is 2.31. The molecule has 0 radical (unpaired) electrons. The molecule has 1 saturated carbocycles. The van der Waals surface area contributed by atoms with Crippen LogP contribution in [0, 0.1) is 23.7 Å². The number of hydrogen-bond acceptors (Lipinski definition) is 1. The highest BCUT2D eigenvalue weighted by atomic mass is 35.5. The van der Waals surface area contributed by atoms with Crippen LogP contribution < -0.4 is 4.74 Å². The fourth-order valence-corrected chi connectivity index (χ4v) is 2.72. The van der Waals surface area contributed by atoms with Gasteiger partial charge in [-0.1, -0.05) is 25.7 Å². The van der Waals surface area contributed by atoms with Gasteiger partial charge >= 0.3 is 0 Å². The molecule has 0 spiro atoms. The minimum absolute atomic E-state index is 0.370. The number of benzene rings is 1. The lowest BCUT2D eigenvalue weighted by Gasteiger charge is -2.32. The molecule has 0 saturated heterocycles. The summed E-state index contributed by atoms with van der Waals surface area (Å²) in [4.78, 5) is 0. The summed E-state index contributed by atoms with van der Waals surface area (Å²) in [6.07, 6.45) is 4.71. The van der Waals surface area contributed by atoms with Gasteiger partial charge in [0.1, 0.15) is 5.75 Å². The van der Waals surface area contributed by atoms with Crippen LogP contribution in [-0.2, 0) is 0 Å². The predicted octanol–water partition coefficient (Wildman–Crippen LogP) is 4.87. The van der Waals surface area contributed by atoms with Gasteiger partial charge in [0.15, 0.2) is 0 Å². The Morgan fingerprint density at radius 2 is 1.90 bits per heavy atom. The summed E-state index contributed by atoms with van der Waals surface area (Å²) < 4.78 is 6.09. The second-order valence-corrected chi connectivity index (χ2v) is 6.15. The summed E-state index contributed by atoms with van der Waals surface area (Å²) in [5.41, 5.74) is 1.02. The fourth-order valence-electron chi connectivity index (χ4n) is 2.63. The van der Waals surface area contributed by atoms with Gasteiger partial charge < -0.3 is 4.74 Å². The van der Waals surface area contributed by atoms with Crippen LogP contribution in [0.25, 0.3) is 0 Å². The normalized spacial score (nSPS) is 25.6. The Hall–Kier alpha value is -1.13. The van der Waals surface area contributed by atoms with Crippen LogP contribution in [0.4, 0.5) is 0 Å². The van der Waals surface area contributed by atoms with Crippen molar-refractivity contribution in [1.29, 1.82) is 0 Å². The average Bonchev–Trinajstić information content (AvgIpc) is 2.45. The molecule has 0 bridgehead atoms. The van der Waals surface area contributed by atoms with Crippen LogP contribution in [-0.4, -0.2) is 12.0 Å². The smallest absolute Gasteiger partial charge is 0.119 e. The first-order valence-electron chi connectivity index (χ1n) is 7.50. The third kappa shape index (κ3) is 4.46. The van der Waals surface area contributed by atoms with E-state index in [4.69, 9.17) is 16.3 Å². The molecule has 2 rings (SSSR count). The van der Waals surface area contributed by atoms with Crippen molar-refractivity contribution in [2.45, 2.75) is 45.6 Å². The topological polar surface area (TPSA) is 9.23 Å². The molecular weight excluding hydrogens is 268 g/mol. The number of rotatable bonds is 3. The van der Waals surface area contributed by atoms with Crippen molar-refractivity contribution in [2.75, 3.05) is 5.88 Å². The van der Waals surface area contributed by atoms with E-state index in [0.717, 1.165) is 29.6 Å². The number of hydrogen-bond donors (Lipinski definition) is 0. The number of ether oxygens (including phenoxy) is 1. The van der Waals surface area contributed by atoms with Crippen molar-refractivity contribution in [2.24, 2.45) is 11.8 Å². The van der Waals surface area contributed by atoms with Gasteiger partial charge in [0.2, 0.25) is 0 Å². The van der Waals surface area contributed by atoms with Crippen molar-refractivity contribution < 1.29 is 4.74 Å². The zero-order chi connectivity index (χ0) is 14.4. The van der Waals surface area contributed by atoms with E-state index >= 15 is 0 Å². The first kappa shape index (κ1) is 15.3. The fraction of sp³-hybridized carbons (Fsp3) is 0.556. The largest absolute Gasteiger partial charge is 0.490 e. The Morgan fingerprint density at radius 3 is 2.55 bits per heavy atom. The minimum atomic E-state index is 0.370. The molecule has 2 heteroatoms. The van der Waals surface area contributed by atoms with E-state index in [1.54, 1.807) is 0 Å². The Morgan fingerprint density at radius 1 is 1.15 bits per heavy atom. The highest BCUT2D eigenvalue weighted by molar-refractivity contribution is 6.18. The lowest BCUT2D eigenvalue weighted by Crippen LogP contribution is -2.28. The molecule has 3 atom stereocenters. The molecule has 0 aliphatic heterocycles. The molecular formula is C18H23ClO. The summed E-state index contributed by atoms with van der Waals surface area (Å²) >= 11 is 5.60. The second kappa shape index (κ2) is 7.60.